The second-order valence-corrected chi connectivity index (χ2v) is 8.64. The van der Waals surface area contributed by atoms with Crippen LogP contribution in [0.4, 0.5) is 4.79 Å². The highest BCUT2D eigenvalue weighted by molar-refractivity contribution is 6.30. The summed E-state index contributed by atoms with van der Waals surface area (Å²) in [7, 11) is 0. The zero-order valence-electron chi connectivity index (χ0n) is 16.0. The van der Waals surface area contributed by atoms with Crippen LogP contribution in [-0.4, -0.2) is 67.8 Å². The van der Waals surface area contributed by atoms with Gasteiger partial charge in [0.2, 0.25) is 0 Å². The molecular weight excluding hydrogens is 362 g/mol. The van der Waals surface area contributed by atoms with Gasteiger partial charge in [0.1, 0.15) is 0 Å². The van der Waals surface area contributed by atoms with E-state index in [1.807, 2.05) is 12.1 Å². The van der Waals surface area contributed by atoms with E-state index in [-0.39, 0.29) is 11.4 Å². The first kappa shape index (κ1) is 19.0. The maximum Gasteiger partial charge on any atom is 0.317 e. The molecule has 27 heavy (non-hydrogen) atoms. The van der Waals surface area contributed by atoms with Gasteiger partial charge in [-0.3, -0.25) is 4.90 Å². The van der Waals surface area contributed by atoms with E-state index < -0.39 is 0 Å². The zero-order valence-corrected chi connectivity index (χ0v) is 16.7. The maximum atomic E-state index is 13.0. The van der Waals surface area contributed by atoms with E-state index >= 15 is 0 Å². The summed E-state index contributed by atoms with van der Waals surface area (Å²) >= 11 is 6.02. The Morgan fingerprint density at radius 3 is 2.59 bits per heavy atom. The molecule has 4 rings (SSSR count). The van der Waals surface area contributed by atoms with Crippen LogP contribution >= 0.6 is 11.6 Å². The van der Waals surface area contributed by atoms with Crippen LogP contribution in [0.25, 0.3) is 0 Å². The number of hydrogen-bond acceptors (Lipinski definition) is 3. The van der Waals surface area contributed by atoms with Gasteiger partial charge < -0.3 is 15.0 Å². The minimum Gasteiger partial charge on any atom is -0.379 e. The fraction of sp³-hybridized carbons (Fsp3) is 0.667. The second kappa shape index (κ2) is 8.38. The number of nitrogens with one attached hydrogen (secondary N) is 1. The molecule has 2 amide bonds. The number of likely N-dealkylation sites (tertiary alicyclic amines) is 1. The first-order valence-electron chi connectivity index (χ1n) is 10.3. The van der Waals surface area contributed by atoms with Crippen molar-refractivity contribution in [3.63, 3.8) is 0 Å². The van der Waals surface area contributed by atoms with E-state index in [4.69, 9.17) is 16.3 Å². The van der Waals surface area contributed by atoms with Gasteiger partial charge in [-0.2, -0.15) is 0 Å². The van der Waals surface area contributed by atoms with Crippen molar-refractivity contribution >= 4 is 17.6 Å². The van der Waals surface area contributed by atoms with Crippen molar-refractivity contribution in [2.24, 2.45) is 0 Å². The minimum absolute atomic E-state index is 0.105. The van der Waals surface area contributed by atoms with E-state index in [9.17, 15) is 4.79 Å². The molecule has 5 nitrogen and oxygen atoms in total. The Bertz CT molecular complexity index is 641. The number of rotatable bonds is 5. The highest BCUT2D eigenvalue weighted by Crippen LogP contribution is 2.47. The monoisotopic (exact) mass is 391 g/mol. The normalized spacial score (nSPS) is 25.2. The lowest BCUT2D eigenvalue weighted by Crippen LogP contribution is -2.54. The van der Waals surface area contributed by atoms with Crippen LogP contribution in [0.15, 0.2) is 24.3 Å². The standard InChI is InChI=1S/C21H30ClN3O2/c22-18-6-4-17(5-7-18)21(8-9-21)16-23-20(26)25-10-2-1-3-19(25)15-24-11-13-27-14-12-24/h4-7,19H,1-3,8-16H2,(H,23,26)/t19-/m0/s1. The fourth-order valence-electron chi connectivity index (χ4n) is 4.41. The van der Waals surface area contributed by atoms with Crippen molar-refractivity contribution in [2.45, 2.75) is 43.6 Å². The second-order valence-electron chi connectivity index (χ2n) is 8.20. The number of carbonyl (C=O) groups is 1. The van der Waals surface area contributed by atoms with Gasteiger partial charge in [-0.15, -0.1) is 0 Å². The average Bonchev–Trinajstić information content (AvgIpc) is 3.49. The molecule has 0 spiro atoms. The smallest absolute Gasteiger partial charge is 0.317 e. The molecule has 1 saturated carbocycles. The lowest BCUT2D eigenvalue weighted by Gasteiger charge is -2.39. The van der Waals surface area contributed by atoms with Crippen LogP contribution in [-0.2, 0) is 10.2 Å². The summed E-state index contributed by atoms with van der Waals surface area (Å²) in [6, 6.07) is 8.52. The van der Waals surface area contributed by atoms with E-state index in [2.05, 4.69) is 27.2 Å². The molecule has 1 atom stereocenters. The van der Waals surface area contributed by atoms with Gasteiger partial charge in [0, 0.05) is 49.2 Å². The minimum atomic E-state index is 0.105. The number of ether oxygens (including phenoxy) is 1. The molecular formula is C21H30ClN3O2. The molecule has 6 heteroatoms. The fourth-order valence-corrected chi connectivity index (χ4v) is 4.53. The molecule has 3 aliphatic rings. The van der Waals surface area contributed by atoms with Crippen molar-refractivity contribution in [3.8, 4) is 0 Å². The molecule has 2 heterocycles. The van der Waals surface area contributed by atoms with Crippen LogP contribution in [0.1, 0.15) is 37.7 Å². The van der Waals surface area contributed by atoms with Crippen molar-refractivity contribution in [1.29, 1.82) is 0 Å². The third kappa shape index (κ3) is 4.58. The number of urea groups is 1. The van der Waals surface area contributed by atoms with E-state index in [0.717, 1.165) is 70.1 Å². The summed E-state index contributed by atoms with van der Waals surface area (Å²) in [5.74, 6) is 0. The van der Waals surface area contributed by atoms with Gasteiger partial charge in [-0.05, 0) is 49.8 Å². The predicted molar refractivity (Wildman–Crippen MR) is 107 cm³/mol. The first-order chi connectivity index (χ1) is 13.2. The highest BCUT2D eigenvalue weighted by Gasteiger charge is 2.44. The molecule has 2 aliphatic heterocycles. The number of nitrogens with zero attached hydrogens (tertiary/aromatic N) is 2. The van der Waals surface area contributed by atoms with Gasteiger partial charge in [0.15, 0.2) is 0 Å². The number of halogens is 1. The Balaban J connectivity index is 1.34. The predicted octanol–water partition coefficient (Wildman–Crippen LogP) is 3.27. The molecule has 1 N–H and O–H groups in total. The van der Waals surface area contributed by atoms with Crippen molar-refractivity contribution in [3.05, 3.63) is 34.9 Å². The lowest BCUT2D eigenvalue weighted by molar-refractivity contribution is 0.0221. The molecule has 0 radical (unpaired) electrons. The summed E-state index contributed by atoms with van der Waals surface area (Å²) in [6.07, 6.45) is 5.69. The van der Waals surface area contributed by atoms with Crippen LogP contribution in [0.5, 0.6) is 0 Å². The van der Waals surface area contributed by atoms with Crippen LogP contribution in [0.3, 0.4) is 0 Å². The van der Waals surface area contributed by atoms with E-state index in [1.165, 1.54) is 12.0 Å². The largest absolute Gasteiger partial charge is 0.379 e. The summed E-state index contributed by atoms with van der Waals surface area (Å²) in [4.78, 5) is 17.5. The molecule has 2 saturated heterocycles. The molecule has 0 bridgehead atoms. The third-order valence-corrected chi connectivity index (χ3v) is 6.60. The molecule has 1 aliphatic carbocycles. The number of hydrogen-bond donors (Lipinski definition) is 1. The number of carbonyl (C=O) groups excluding carboxylic acids is 1. The quantitative estimate of drug-likeness (QED) is 0.837. The average molecular weight is 392 g/mol. The van der Waals surface area contributed by atoms with Gasteiger partial charge in [0.05, 0.1) is 13.2 Å². The summed E-state index contributed by atoms with van der Waals surface area (Å²) < 4.78 is 5.45. The van der Waals surface area contributed by atoms with Gasteiger partial charge in [0.25, 0.3) is 0 Å². The third-order valence-electron chi connectivity index (χ3n) is 6.35. The van der Waals surface area contributed by atoms with Crippen LogP contribution in [0.2, 0.25) is 5.02 Å². The van der Waals surface area contributed by atoms with Crippen molar-refractivity contribution in [1.82, 2.24) is 15.1 Å². The van der Waals surface area contributed by atoms with E-state index in [0.29, 0.717) is 12.6 Å². The molecule has 1 aromatic carbocycles. The Hall–Kier alpha value is -1.30. The molecule has 0 unspecified atom stereocenters. The van der Waals surface area contributed by atoms with Gasteiger partial charge >= 0.3 is 6.03 Å². The van der Waals surface area contributed by atoms with Gasteiger partial charge in [-0.25, -0.2) is 4.79 Å². The lowest BCUT2D eigenvalue weighted by atomic mass is 9.96. The number of amides is 2. The molecule has 148 valence electrons. The molecule has 0 aromatic heterocycles. The summed E-state index contributed by atoms with van der Waals surface area (Å²) in [5.41, 5.74) is 1.39. The number of benzene rings is 1. The van der Waals surface area contributed by atoms with Crippen LogP contribution in [0, 0.1) is 0 Å². The highest BCUT2D eigenvalue weighted by atomic mass is 35.5. The Labute approximate surface area is 167 Å². The summed E-state index contributed by atoms with van der Waals surface area (Å²) in [6.45, 7) is 6.13. The maximum absolute atomic E-state index is 13.0. The first-order valence-corrected chi connectivity index (χ1v) is 10.6. The topological polar surface area (TPSA) is 44.8 Å². The van der Waals surface area contributed by atoms with Crippen molar-refractivity contribution in [2.75, 3.05) is 45.9 Å². The number of morpholine rings is 1. The Morgan fingerprint density at radius 2 is 1.89 bits per heavy atom. The number of piperidine rings is 1. The van der Waals surface area contributed by atoms with E-state index in [1.54, 1.807) is 0 Å². The SMILES string of the molecule is O=C(NCC1(c2ccc(Cl)cc2)CC1)N1CCCC[C@H]1CN1CCOCC1. The molecule has 1 aromatic rings. The van der Waals surface area contributed by atoms with Gasteiger partial charge in [-0.1, -0.05) is 23.7 Å². The zero-order chi connectivity index (χ0) is 18.7. The molecule has 3 fully saturated rings. The van der Waals surface area contributed by atoms with Crippen molar-refractivity contribution < 1.29 is 9.53 Å². The Kier molecular flexibility index (Phi) is 5.90. The van der Waals surface area contributed by atoms with Crippen LogP contribution < -0.4 is 5.32 Å². The summed E-state index contributed by atoms with van der Waals surface area (Å²) in [5, 5.41) is 4.01. The Morgan fingerprint density at radius 1 is 1.15 bits per heavy atom.